The third-order valence-corrected chi connectivity index (χ3v) is 4.73. The average molecular weight is 446 g/mol. The molecule has 3 aromatic carbocycles. The molecular formula is C24H22N4O5. The Morgan fingerprint density at radius 2 is 1.73 bits per heavy atom. The molecule has 0 saturated carbocycles. The molecule has 0 bridgehead atoms. The Kier molecular flexibility index (Phi) is 7.38. The van der Waals surface area contributed by atoms with E-state index in [1.54, 1.807) is 60.7 Å². The summed E-state index contributed by atoms with van der Waals surface area (Å²) >= 11 is 0. The number of hydrogen-bond donors (Lipinski definition) is 3. The minimum absolute atomic E-state index is 0.0939. The molecule has 9 nitrogen and oxygen atoms in total. The van der Waals surface area contributed by atoms with Gasteiger partial charge in [0.1, 0.15) is 11.8 Å². The van der Waals surface area contributed by atoms with Crippen molar-refractivity contribution in [3.63, 3.8) is 0 Å². The van der Waals surface area contributed by atoms with Crippen molar-refractivity contribution in [2.45, 2.75) is 6.04 Å². The van der Waals surface area contributed by atoms with Gasteiger partial charge in [0, 0.05) is 17.8 Å². The minimum Gasteiger partial charge on any atom is -0.495 e. The van der Waals surface area contributed by atoms with E-state index in [0.29, 0.717) is 11.3 Å². The summed E-state index contributed by atoms with van der Waals surface area (Å²) in [5.74, 6) is -0.229. The second kappa shape index (κ2) is 10.6. The van der Waals surface area contributed by atoms with Gasteiger partial charge < -0.3 is 20.7 Å². The van der Waals surface area contributed by atoms with Crippen LogP contribution >= 0.6 is 0 Å². The quantitative estimate of drug-likeness (QED) is 0.340. The van der Waals surface area contributed by atoms with Crippen molar-refractivity contribution in [3.8, 4) is 5.75 Å². The molecule has 3 amide bonds. The molecule has 0 saturated heterocycles. The van der Waals surface area contributed by atoms with Crippen molar-refractivity contribution in [2.24, 2.45) is 0 Å². The van der Waals surface area contributed by atoms with Crippen molar-refractivity contribution in [3.05, 3.63) is 101 Å². The number of non-ortho nitro benzene ring substituents is 1. The Balaban J connectivity index is 1.81. The molecular weight excluding hydrogens is 424 g/mol. The lowest BCUT2D eigenvalue weighted by Gasteiger charge is -2.20. The van der Waals surface area contributed by atoms with Crippen LogP contribution in [0.15, 0.2) is 79.4 Å². The normalized spacial score (nSPS) is 11.1. The molecule has 0 spiro atoms. The van der Waals surface area contributed by atoms with Gasteiger partial charge in [0.2, 0.25) is 0 Å². The first-order valence-corrected chi connectivity index (χ1v) is 9.89. The van der Waals surface area contributed by atoms with Crippen LogP contribution in [0.1, 0.15) is 17.2 Å². The van der Waals surface area contributed by atoms with Gasteiger partial charge in [-0.3, -0.25) is 14.9 Å². The predicted molar refractivity (Wildman–Crippen MR) is 126 cm³/mol. The van der Waals surface area contributed by atoms with Crippen molar-refractivity contribution < 1.29 is 19.2 Å². The summed E-state index contributed by atoms with van der Waals surface area (Å²) in [4.78, 5) is 36.3. The molecule has 1 atom stereocenters. The number of benzene rings is 3. The Morgan fingerprint density at radius 1 is 1.03 bits per heavy atom. The molecule has 0 aliphatic heterocycles. The lowest BCUT2D eigenvalue weighted by molar-refractivity contribution is -0.384. The van der Waals surface area contributed by atoms with Crippen molar-refractivity contribution >= 4 is 35.1 Å². The Bertz CT molecular complexity index is 1160. The Labute approximate surface area is 190 Å². The maximum absolute atomic E-state index is 13.0. The Hall–Kier alpha value is -4.66. The number of anilines is 2. The lowest BCUT2D eigenvalue weighted by Crippen LogP contribution is -2.39. The number of nitro groups is 1. The second-order valence-corrected chi connectivity index (χ2v) is 6.90. The zero-order chi connectivity index (χ0) is 23.8. The van der Waals surface area contributed by atoms with Gasteiger partial charge in [-0.15, -0.1) is 0 Å². The van der Waals surface area contributed by atoms with Crippen LogP contribution in [0.4, 0.5) is 21.9 Å². The molecule has 0 aliphatic carbocycles. The first-order chi connectivity index (χ1) is 15.9. The van der Waals surface area contributed by atoms with Crippen LogP contribution in [0.3, 0.4) is 0 Å². The fraction of sp³-hybridized carbons (Fsp3) is 0.0833. The largest absolute Gasteiger partial charge is 0.495 e. The molecule has 9 heteroatoms. The molecule has 0 fully saturated rings. The molecule has 0 heterocycles. The summed E-state index contributed by atoms with van der Waals surface area (Å²) in [6, 6.07) is 17.8. The number of rotatable bonds is 8. The van der Waals surface area contributed by atoms with Crippen LogP contribution < -0.4 is 20.7 Å². The molecule has 0 aliphatic rings. The van der Waals surface area contributed by atoms with Gasteiger partial charge in [0.25, 0.3) is 11.6 Å². The first kappa shape index (κ1) is 23.0. The molecule has 3 aromatic rings. The van der Waals surface area contributed by atoms with Crippen molar-refractivity contribution in [1.82, 2.24) is 5.32 Å². The van der Waals surface area contributed by atoms with E-state index in [4.69, 9.17) is 4.74 Å². The third kappa shape index (κ3) is 5.95. The molecule has 33 heavy (non-hydrogen) atoms. The van der Waals surface area contributed by atoms with Crippen molar-refractivity contribution in [2.75, 3.05) is 17.7 Å². The highest BCUT2D eigenvalue weighted by Gasteiger charge is 2.24. The number of hydrogen-bond acceptors (Lipinski definition) is 5. The average Bonchev–Trinajstić information content (AvgIpc) is 2.83. The number of nitrogens with zero attached hydrogens (tertiary/aromatic N) is 1. The number of carbonyl (C=O) groups is 2. The van der Waals surface area contributed by atoms with Crippen LogP contribution in [0.25, 0.3) is 6.08 Å². The van der Waals surface area contributed by atoms with E-state index in [-0.39, 0.29) is 17.1 Å². The standard InChI is InChI=1S/C24H22N4O5/c1-3-16-9-11-18(12-10-16)25-23(29)22(17-7-5-4-6-8-17)27-24(30)26-20-15-19(28(31)32)13-14-21(20)33-2/h3-15,22H,1H2,2H3,(H,25,29)(H2,26,27,30). The van der Waals surface area contributed by atoms with E-state index < -0.39 is 22.9 Å². The molecule has 1 unspecified atom stereocenters. The van der Waals surface area contributed by atoms with E-state index in [0.717, 1.165) is 5.56 Å². The zero-order valence-corrected chi connectivity index (χ0v) is 17.8. The predicted octanol–water partition coefficient (Wildman–Crippen LogP) is 4.75. The molecule has 0 radical (unpaired) electrons. The van der Waals surface area contributed by atoms with E-state index in [1.165, 1.54) is 25.3 Å². The monoisotopic (exact) mass is 446 g/mol. The summed E-state index contributed by atoms with van der Waals surface area (Å²) in [6.45, 7) is 3.70. The van der Waals surface area contributed by atoms with Crippen molar-refractivity contribution in [1.29, 1.82) is 0 Å². The van der Waals surface area contributed by atoms with Gasteiger partial charge in [-0.05, 0) is 29.3 Å². The van der Waals surface area contributed by atoms with E-state index in [1.807, 2.05) is 0 Å². The number of carbonyl (C=O) groups excluding carboxylic acids is 2. The fourth-order valence-corrected chi connectivity index (χ4v) is 3.06. The third-order valence-electron chi connectivity index (χ3n) is 4.73. The number of ether oxygens (including phenoxy) is 1. The van der Waals surface area contributed by atoms with Gasteiger partial charge in [-0.2, -0.15) is 0 Å². The van der Waals surface area contributed by atoms with Crippen LogP contribution in [0, 0.1) is 10.1 Å². The van der Waals surface area contributed by atoms with Crippen LogP contribution in [0.2, 0.25) is 0 Å². The fourth-order valence-electron chi connectivity index (χ4n) is 3.06. The number of methoxy groups -OCH3 is 1. The molecule has 168 valence electrons. The lowest BCUT2D eigenvalue weighted by atomic mass is 10.1. The maximum atomic E-state index is 13.0. The SMILES string of the molecule is C=Cc1ccc(NC(=O)C(NC(=O)Nc2cc([N+](=O)[O-])ccc2OC)c2ccccc2)cc1. The molecule has 3 rings (SSSR count). The van der Waals surface area contributed by atoms with Gasteiger partial charge in [0.15, 0.2) is 0 Å². The zero-order valence-electron chi connectivity index (χ0n) is 17.8. The van der Waals surface area contributed by atoms with Crippen LogP contribution in [0.5, 0.6) is 5.75 Å². The van der Waals surface area contributed by atoms with Gasteiger partial charge in [-0.1, -0.05) is 55.1 Å². The first-order valence-electron chi connectivity index (χ1n) is 9.89. The van der Waals surface area contributed by atoms with Gasteiger partial charge >= 0.3 is 6.03 Å². The summed E-state index contributed by atoms with van der Waals surface area (Å²) in [5.41, 5.74) is 1.88. The van der Waals surface area contributed by atoms with Crippen LogP contribution in [-0.4, -0.2) is 24.0 Å². The van der Waals surface area contributed by atoms with Crippen LogP contribution in [-0.2, 0) is 4.79 Å². The number of nitrogens with one attached hydrogen (secondary N) is 3. The highest BCUT2D eigenvalue weighted by molar-refractivity contribution is 6.00. The van der Waals surface area contributed by atoms with E-state index in [2.05, 4.69) is 22.5 Å². The minimum atomic E-state index is -1.03. The van der Waals surface area contributed by atoms with Gasteiger partial charge in [0.05, 0.1) is 17.7 Å². The van der Waals surface area contributed by atoms with Gasteiger partial charge in [-0.25, -0.2) is 4.79 Å². The second-order valence-electron chi connectivity index (χ2n) is 6.90. The topological polar surface area (TPSA) is 123 Å². The molecule has 0 aromatic heterocycles. The van der Waals surface area contributed by atoms with E-state index in [9.17, 15) is 19.7 Å². The Morgan fingerprint density at radius 3 is 2.33 bits per heavy atom. The highest BCUT2D eigenvalue weighted by Crippen LogP contribution is 2.29. The number of amides is 3. The number of urea groups is 1. The smallest absolute Gasteiger partial charge is 0.320 e. The highest BCUT2D eigenvalue weighted by atomic mass is 16.6. The summed E-state index contributed by atoms with van der Waals surface area (Å²) in [7, 11) is 1.38. The summed E-state index contributed by atoms with van der Waals surface area (Å²) in [6.07, 6.45) is 1.69. The summed E-state index contributed by atoms with van der Waals surface area (Å²) in [5, 5.41) is 19.0. The summed E-state index contributed by atoms with van der Waals surface area (Å²) < 4.78 is 5.16. The number of nitro benzene ring substituents is 1. The maximum Gasteiger partial charge on any atom is 0.320 e. The molecule has 3 N–H and O–H groups in total. The van der Waals surface area contributed by atoms with E-state index >= 15 is 0 Å².